The summed E-state index contributed by atoms with van der Waals surface area (Å²) in [6.45, 7) is 0.605. The molecule has 0 bridgehead atoms. The lowest BCUT2D eigenvalue weighted by molar-refractivity contribution is -0.110. The van der Waals surface area contributed by atoms with Crippen molar-refractivity contribution in [3.8, 4) is 0 Å². The Kier molecular flexibility index (Phi) is 1.93. The highest BCUT2D eigenvalue weighted by Gasteiger charge is 2.54. The van der Waals surface area contributed by atoms with Crippen LogP contribution in [-0.2, 0) is 10.2 Å². The first-order valence-electron chi connectivity index (χ1n) is 4.55. The molecule has 1 fully saturated rings. The van der Waals surface area contributed by atoms with Gasteiger partial charge in [0.15, 0.2) is 0 Å². The van der Waals surface area contributed by atoms with Crippen molar-refractivity contribution in [1.29, 1.82) is 0 Å². The number of carbonyl (C=O) groups excluding carboxylic acids is 1. The molecule has 2 rings (SSSR count). The van der Waals surface area contributed by atoms with Crippen molar-refractivity contribution in [3.63, 3.8) is 0 Å². The Balaban J connectivity index is 2.30. The van der Waals surface area contributed by atoms with Gasteiger partial charge in [-0.25, -0.2) is 0 Å². The standard InChI is InChI=1S/C11H13NO/c12-7-10-6-11(10,8-13)9-4-2-1-3-5-9/h1-5,8,10H,6-7,12H2. The summed E-state index contributed by atoms with van der Waals surface area (Å²) in [4.78, 5) is 11.0. The van der Waals surface area contributed by atoms with Crippen molar-refractivity contribution in [3.05, 3.63) is 35.9 Å². The highest BCUT2D eigenvalue weighted by Crippen LogP contribution is 2.51. The van der Waals surface area contributed by atoms with Gasteiger partial charge in [-0.1, -0.05) is 30.3 Å². The van der Waals surface area contributed by atoms with E-state index in [1.54, 1.807) is 0 Å². The fourth-order valence-corrected chi connectivity index (χ4v) is 1.96. The number of benzene rings is 1. The van der Waals surface area contributed by atoms with Crippen LogP contribution < -0.4 is 5.73 Å². The molecule has 2 nitrogen and oxygen atoms in total. The van der Waals surface area contributed by atoms with Crippen LogP contribution in [0.25, 0.3) is 0 Å². The molecule has 1 aromatic rings. The fraction of sp³-hybridized carbons (Fsp3) is 0.364. The molecule has 2 N–H and O–H groups in total. The second-order valence-corrected chi connectivity index (χ2v) is 3.66. The van der Waals surface area contributed by atoms with Gasteiger partial charge in [0.25, 0.3) is 0 Å². The van der Waals surface area contributed by atoms with Crippen molar-refractivity contribution in [1.82, 2.24) is 0 Å². The average molecular weight is 175 g/mol. The zero-order chi connectivity index (χ0) is 9.31. The van der Waals surface area contributed by atoms with Gasteiger partial charge in [-0.15, -0.1) is 0 Å². The first kappa shape index (κ1) is 8.45. The Morgan fingerprint density at radius 2 is 2.15 bits per heavy atom. The van der Waals surface area contributed by atoms with Crippen LogP contribution in [0, 0.1) is 5.92 Å². The summed E-state index contributed by atoms with van der Waals surface area (Å²) in [7, 11) is 0. The highest BCUT2D eigenvalue weighted by atomic mass is 16.1. The summed E-state index contributed by atoms with van der Waals surface area (Å²) < 4.78 is 0. The molecule has 0 heterocycles. The third kappa shape index (κ3) is 1.18. The van der Waals surface area contributed by atoms with Gasteiger partial charge in [0.05, 0.1) is 5.41 Å². The lowest BCUT2D eigenvalue weighted by Crippen LogP contribution is -2.16. The zero-order valence-electron chi connectivity index (χ0n) is 7.44. The Morgan fingerprint density at radius 3 is 2.62 bits per heavy atom. The molecule has 0 radical (unpaired) electrons. The normalized spacial score (nSPS) is 31.3. The number of hydrogen-bond acceptors (Lipinski definition) is 2. The van der Waals surface area contributed by atoms with Crippen LogP contribution in [0.15, 0.2) is 30.3 Å². The molecule has 2 heteroatoms. The molecular weight excluding hydrogens is 162 g/mol. The van der Waals surface area contributed by atoms with E-state index < -0.39 is 0 Å². The molecule has 1 aromatic carbocycles. The maximum absolute atomic E-state index is 11.0. The molecule has 0 aliphatic heterocycles. The topological polar surface area (TPSA) is 43.1 Å². The van der Waals surface area contributed by atoms with E-state index in [1.807, 2.05) is 30.3 Å². The lowest BCUT2D eigenvalue weighted by Gasteiger charge is -2.08. The maximum atomic E-state index is 11.0. The molecule has 13 heavy (non-hydrogen) atoms. The van der Waals surface area contributed by atoms with E-state index in [9.17, 15) is 4.79 Å². The van der Waals surface area contributed by atoms with E-state index in [0.29, 0.717) is 12.5 Å². The summed E-state index contributed by atoms with van der Waals surface area (Å²) >= 11 is 0. The second-order valence-electron chi connectivity index (χ2n) is 3.66. The quantitative estimate of drug-likeness (QED) is 0.699. The third-order valence-electron chi connectivity index (χ3n) is 2.96. The largest absolute Gasteiger partial charge is 0.330 e. The summed E-state index contributed by atoms with van der Waals surface area (Å²) in [5.41, 5.74) is 6.42. The highest BCUT2D eigenvalue weighted by molar-refractivity contribution is 5.74. The molecule has 0 spiro atoms. The Labute approximate surface area is 77.8 Å². The van der Waals surface area contributed by atoms with Gasteiger partial charge in [-0.05, 0) is 24.4 Å². The van der Waals surface area contributed by atoms with E-state index >= 15 is 0 Å². The monoisotopic (exact) mass is 175 g/mol. The predicted molar refractivity (Wildman–Crippen MR) is 51.3 cm³/mol. The van der Waals surface area contributed by atoms with Gasteiger partial charge in [0.2, 0.25) is 0 Å². The molecule has 1 saturated carbocycles. The molecule has 2 atom stereocenters. The minimum atomic E-state index is -0.254. The summed E-state index contributed by atoms with van der Waals surface area (Å²) in [6, 6.07) is 9.90. The number of carbonyl (C=O) groups is 1. The van der Waals surface area contributed by atoms with Crippen LogP contribution in [0.4, 0.5) is 0 Å². The zero-order valence-corrected chi connectivity index (χ0v) is 7.44. The fourth-order valence-electron chi connectivity index (χ4n) is 1.96. The van der Waals surface area contributed by atoms with Crippen LogP contribution >= 0.6 is 0 Å². The molecule has 0 saturated heterocycles. The van der Waals surface area contributed by atoms with Crippen LogP contribution in [0.2, 0.25) is 0 Å². The van der Waals surface area contributed by atoms with E-state index in [2.05, 4.69) is 0 Å². The molecule has 68 valence electrons. The molecule has 1 aliphatic rings. The minimum Gasteiger partial charge on any atom is -0.330 e. The number of nitrogens with two attached hydrogens (primary N) is 1. The Morgan fingerprint density at radius 1 is 1.46 bits per heavy atom. The number of aldehydes is 1. The lowest BCUT2D eigenvalue weighted by atomic mass is 9.95. The van der Waals surface area contributed by atoms with Crippen molar-refractivity contribution < 1.29 is 4.79 Å². The summed E-state index contributed by atoms with van der Waals surface area (Å²) in [6.07, 6.45) is 1.97. The molecular formula is C11H13NO. The maximum Gasteiger partial charge on any atom is 0.130 e. The summed E-state index contributed by atoms with van der Waals surface area (Å²) in [5, 5.41) is 0. The van der Waals surface area contributed by atoms with Gasteiger partial charge in [0, 0.05) is 0 Å². The van der Waals surface area contributed by atoms with Crippen molar-refractivity contribution in [2.45, 2.75) is 11.8 Å². The minimum absolute atomic E-state index is 0.254. The molecule has 0 amide bonds. The van der Waals surface area contributed by atoms with Gasteiger partial charge >= 0.3 is 0 Å². The predicted octanol–water partition coefficient (Wildman–Crippen LogP) is 1.10. The van der Waals surface area contributed by atoms with E-state index in [0.717, 1.165) is 18.3 Å². The third-order valence-corrected chi connectivity index (χ3v) is 2.96. The van der Waals surface area contributed by atoms with Crippen LogP contribution in [-0.4, -0.2) is 12.8 Å². The number of hydrogen-bond donors (Lipinski definition) is 1. The second kappa shape index (κ2) is 2.96. The van der Waals surface area contributed by atoms with Crippen LogP contribution in [0.3, 0.4) is 0 Å². The van der Waals surface area contributed by atoms with Crippen molar-refractivity contribution in [2.75, 3.05) is 6.54 Å². The van der Waals surface area contributed by atoms with Gasteiger partial charge in [-0.2, -0.15) is 0 Å². The molecule has 1 aliphatic carbocycles. The smallest absolute Gasteiger partial charge is 0.130 e. The SMILES string of the molecule is NCC1CC1(C=O)c1ccccc1. The van der Waals surface area contributed by atoms with Crippen LogP contribution in [0.5, 0.6) is 0 Å². The van der Waals surface area contributed by atoms with Gasteiger partial charge in [-0.3, -0.25) is 0 Å². The van der Waals surface area contributed by atoms with Gasteiger partial charge in [0.1, 0.15) is 6.29 Å². The first-order valence-corrected chi connectivity index (χ1v) is 4.55. The molecule has 0 aromatic heterocycles. The Hall–Kier alpha value is -1.15. The first-order chi connectivity index (χ1) is 6.33. The summed E-state index contributed by atoms with van der Waals surface area (Å²) in [5.74, 6) is 0.354. The van der Waals surface area contributed by atoms with Crippen molar-refractivity contribution >= 4 is 6.29 Å². The van der Waals surface area contributed by atoms with Crippen LogP contribution in [0.1, 0.15) is 12.0 Å². The van der Waals surface area contributed by atoms with E-state index in [4.69, 9.17) is 5.73 Å². The number of rotatable bonds is 3. The average Bonchev–Trinajstić information content (AvgIpc) is 2.94. The Bertz CT molecular complexity index is 309. The van der Waals surface area contributed by atoms with E-state index in [1.165, 1.54) is 0 Å². The van der Waals surface area contributed by atoms with Crippen molar-refractivity contribution in [2.24, 2.45) is 11.7 Å². The molecule has 2 unspecified atom stereocenters. The van der Waals surface area contributed by atoms with Gasteiger partial charge < -0.3 is 10.5 Å². The van der Waals surface area contributed by atoms with E-state index in [-0.39, 0.29) is 5.41 Å².